The molecule has 1 aromatic carbocycles. The Morgan fingerprint density at radius 2 is 2.04 bits per heavy atom. The standard InChI is InChI=1S/C16H21N3O4/c1-11(2)23-16(21)9-19-13-7-5-4-6-12(13)18-14(19)8-17-15(20)10-22-3/h4-7,11H,8-10H2,1-3H3,(H,17,20). The highest BCUT2D eigenvalue weighted by Crippen LogP contribution is 2.16. The first-order valence-corrected chi connectivity index (χ1v) is 7.40. The molecule has 0 saturated carbocycles. The summed E-state index contributed by atoms with van der Waals surface area (Å²) in [5.41, 5.74) is 1.59. The van der Waals surface area contributed by atoms with E-state index in [1.165, 1.54) is 7.11 Å². The van der Waals surface area contributed by atoms with E-state index in [1.807, 2.05) is 24.3 Å². The van der Waals surface area contributed by atoms with Gasteiger partial charge in [0.05, 0.1) is 23.7 Å². The summed E-state index contributed by atoms with van der Waals surface area (Å²) in [7, 11) is 1.46. The molecule has 1 amide bonds. The number of nitrogens with zero attached hydrogens (tertiary/aromatic N) is 2. The van der Waals surface area contributed by atoms with E-state index in [2.05, 4.69) is 10.3 Å². The van der Waals surface area contributed by atoms with E-state index in [9.17, 15) is 9.59 Å². The Morgan fingerprint density at radius 3 is 2.74 bits per heavy atom. The largest absolute Gasteiger partial charge is 0.462 e. The first-order valence-electron chi connectivity index (χ1n) is 7.40. The fourth-order valence-corrected chi connectivity index (χ4v) is 2.23. The first-order chi connectivity index (χ1) is 11.0. The van der Waals surface area contributed by atoms with E-state index in [-0.39, 0.29) is 37.7 Å². The summed E-state index contributed by atoms with van der Waals surface area (Å²) in [5.74, 6) is 0.0137. The van der Waals surface area contributed by atoms with Gasteiger partial charge in [0.25, 0.3) is 0 Å². The number of benzene rings is 1. The molecular weight excluding hydrogens is 298 g/mol. The predicted octanol–water partition coefficient (Wildman–Crippen LogP) is 1.25. The number of carbonyl (C=O) groups is 2. The smallest absolute Gasteiger partial charge is 0.326 e. The molecule has 0 atom stereocenters. The van der Waals surface area contributed by atoms with Crippen molar-refractivity contribution in [2.75, 3.05) is 13.7 Å². The number of amides is 1. The molecule has 7 heteroatoms. The molecule has 0 aliphatic rings. The van der Waals surface area contributed by atoms with Crippen LogP contribution in [-0.2, 0) is 32.2 Å². The Morgan fingerprint density at radius 1 is 1.30 bits per heavy atom. The van der Waals surface area contributed by atoms with Crippen LogP contribution in [0.1, 0.15) is 19.7 Å². The maximum atomic E-state index is 12.0. The lowest BCUT2D eigenvalue weighted by atomic mass is 10.3. The summed E-state index contributed by atoms with van der Waals surface area (Å²) in [5, 5.41) is 2.72. The molecule has 0 bridgehead atoms. The van der Waals surface area contributed by atoms with Gasteiger partial charge in [-0.25, -0.2) is 4.98 Å². The fraction of sp³-hybridized carbons (Fsp3) is 0.438. The van der Waals surface area contributed by atoms with E-state index < -0.39 is 0 Å². The summed E-state index contributed by atoms with van der Waals surface area (Å²) in [6, 6.07) is 7.49. The monoisotopic (exact) mass is 319 g/mol. The van der Waals surface area contributed by atoms with Crippen molar-refractivity contribution in [2.24, 2.45) is 0 Å². The van der Waals surface area contributed by atoms with E-state index >= 15 is 0 Å². The van der Waals surface area contributed by atoms with Gasteiger partial charge in [-0.1, -0.05) is 12.1 Å². The highest BCUT2D eigenvalue weighted by atomic mass is 16.5. The maximum absolute atomic E-state index is 12.0. The zero-order chi connectivity index (χ0) is 16.8. The van der Waals surface area contributed by atoms with Gasteiger partial charge in [0.1, 0.15) is 19.0 Å². The molecule has 7 nitrogen and oxygen atoms in total. The van der Waals surface area contributed by atoms with Crippen LogP contribution in [0.15, 0.2) is 24.3 Å². The van der Waals surface area contributed by atoms with Crippen molar-refractivity contribution in [3.63, 3.8) is 0 Å². The molecule has 1 aromatic heterocycles. The van der Waals surface area contributed by atoms with Crippen molar-refractivity contribution in [1.29, 1.82) is 0 Å². The number of imidazole rings is 1. The average molecular weight is 319 g/mol. The van der Waals surface area contributed by atoms with Gasteiger partial charge >= 0.3 is 5.97 Å². The third-order valence-corrected chi connectivity index (χ3v) is 3.11. The number of rotatable bonds is 7. The van der Waals surface area contributed by atoms with Crippen LogP contribution in [0, 0.1) is 0 Å². The third-order valence-electron chi connectivity index (χ3n) is 3.11. The molecule has 0 unspecified atom stereocenters. The summed E-state index contributed by atoms with van der Waals surface area (Å²) in [6.45, 7) is 3.85. The van der Waals surface area contributed by atoms with Gasteiger partial charge in [0, 0.05) is 7.11 Å². The Balaban J connectivity index is 2.22. The van der Waals surface area contributed by atoms with Gasteiger partial charge < -0.3 is 19.4 Å². The number of para-hydroxylation sites is 2. The quantitative estimate of drug-likeness (QED) is 0.777. The predicted molar refractivity (Wildman–Crippen MR) is 84.7 cm³/mol. The van der Waals surface area contributed by atoms with E-state index in [1.54, 1.807) is 18.4 Å². The van der Waals surface area contributed by atoms with Crippen molar-refractivity contribution in [3.05, 3.63) is 30.1 Å². The van der Waals surface area contributed by atoms with Crippen LogP contribution in [0.2, 0.25) is 0 Å². The second-order valence-corrected chi connectivity index (χ2v) is 5.35. The zero-order valence-electron chi connectivity index (χ0n) is 13.5. The lowest BCUT2D eigenvalue weighted by molar-refractivity contribution is -0.148. The molecule has 0 aliphatic heterocycles. The zero-order valence-corrected chi connectivity index (χ0v) is 13.5. The number of esters is 1. The summed E-state index contributed by atoms with van der Waals surface area (Å²) in [4.78, 5) is 28.0. The van der Waals surface area contributed by atoms with E-state index in [0.717, 1.165) is 11.0 Å². The number of aromatic nitrogens is 2. The minimum atomic E-state index is -0.340. The molecule has 0 fully saturated rings. The molecule has 0 aliphatic carbocycles. The van der Waals surface area contributed by atoms with Crippen molar-refractivity contribution in [2.45, 2.75) is 33.0 Å². The number of fused-ring (bicyclic) bond motifs is 1. The fourth-order valence-electron chi connectivity index (χ4n) is 2.23. The normalized spacial score (nSPS) is 11.0. The molecule has 2 aromatic rings. The molecule has 1 N–H and O–H groups in total. The molecule has 0 spiro atoms. The number of hydrogen-bond acceptors (Lipinski definition) is 5. The molecule has 0 radical (unpaired) electrons. The van der Waals surface area contributed by atoms with Crippen LogP contribution in [0.25, 0.3) is 11.0 Å². The van der Waals surface area contributed by atoms with Crippen LogP contribution in [0.3, 0.4) is 0 Å². The second-order valence-electron chi connectivity index (χ2n) is 5.35. The maximum Gasteiger partial charge on any atom is 0.326 e. The Bertz CT molecular complexity index is 694. The van der Waals surface area contributed by atoms with Crippen LogP contribution < -0.4 is 5.32 Å². The van der Waals surface area contributed by atoms with Crippen molar-refractivity contribution in [3.8, 4) is 0 Å². The number of nitrogens with one attached hydrogen (secondary N) is 1. The molecule has 124 valence electrons. The van der Waals surface area contributed by atoms with E-state index in [0.29, 0.717) is 5.82 Å². The lowest BCUT2D eigenvalue weighted by Crippen LogP contribution is -2.28. The highest BCUT2D eigenvalue weighted by Gasteiger charge is 2.15. The van der Waals surface area contributed by atoms with Crippen molar-refractivity contribution in [1.82, 2.24) is 14.9 Å². The minimum Gasteiger partial charge on any atom is -0.462 e. The topological polar surface area (TPSA) is 82.5 Å². The van der Waals surface area contributed by atoms with Crippen LogP contribution in [0.4, 0.5) is 0 Å². The summed E-state index contributed by atoms with van der Waals surface area (Å²) >= 11 is 0. The van der Waals surface area contributed by atoms with Crippen LogP contribution >= 0.6 is 0 Å². The molecule has 2 rings (SSSR count). The highest BCUT2D eigenvalue weighted by molar-refractivity contribution is 5.80. The molecule has 0 saturated heterocycles. The van der Waals surface area contributed by atoms with Gasteiger partial charge in [0.2, 0.25) is 5.91 Å². The number of hydrogen-bond donors (Lipinski definition) is 1. The third kappa shape index (κ3) is 4.53. The Kier molecular flexibility index (Phi) is 5.70. The lowest BCUT2D eigenvalue weighted by Gasteiger charge is -2.12. The Labute approximate surface area is 134 Å². The second kappa shape index (κ2) is 7.73. The van der Waals surface area contributed by atoms with Crippen molar-refractivity contribution < 1.29 is 19.1 Å². The van der Waals surface area contributed by atoms with Gasteiger partial charge in [-0.2, -0.15) is 0 Å². The first kappa shape index (κ1) is 17.0. The minimum absolute atomic E-state index is 0.0182. The van der Waals surface area contributed by atoms with Crippen LogP contribution in [0.5, 0.6) is 0 Å². The number of ether oxygens (including phenoxy) is 2. The summed E-state index contributed by atoms with van der Waals surface area (Å²) < 4.78 is 11.7. The van der Waals surface area contributed by atoms with Crippen LogP contribution in [-0.4, -0.2) is 41.2 Å². The number of carbonyl (C=O) groups excluding carboxylic acids is 2. The number of methoxy groups -OCH3 is 1. The van der Waals surface area contributed by atoms with Gasteiger partial charge in [0.15, 0.2) is 0 Å². The molecular formula is C16H21N3O4. The van der Waals surface area contributed by atoms with Crippen molar-refractivity contribution >= 4 is 22.9 Å². The van der Waals surface area contributed by atoms with Gasteiger partial charge in [-0.15, -0.1) is 0 Å². The van der Waals surface area contributed by atoms with Gasteiger partial charge in [-0.3, -0.25) is 9.59 Å². The average Bonchev–Trinajstić information content (AvgIpc) is 2.83. The Hall–Kier alpha value is -2.41. The molecule has 23 heavy (non-hydrogen) atoms. The van der Waals surface area contributed by atoms with E-state index in [4.69, 9.17) is 9.47 Å². The molecule has 1 heterocycles. The summed E-state index contributed by atoms with van der Waals surface area (Å²) in [6.07, 6.45) is -0.179. The van der Waals surface area contributed by atoms with Gasteiger partial charge in [-0.05, 0) is 26.0 Å². The SMILES string of the molecule is COCC(=O)NCc1nc2ccccc2n1CC(=O)OC(C)C.